The number of carbonyl (C=O) groups is 1. The van der Waals surface area contributed by atoms with Crippen molar-refractivity contribution in [1.29, 1.82) is 0 Å². The molecule has 6 nitrogen and oxygen atoms in total. The fourth-order valence-electron chi connectivity index (χ4n) is 2.06. The highest BCUT2D eigenvalue weighted by Gasteiger charge is 2.18. The molecule has 1 aliphatic heterocycles. The van der Waals surface area contributed by atoms with E-state index < -0.39 is 0 Å². The first kappa shape index (κ1) is 14.2. The van der Waals surface area contributed by atoms with Gasteiger partial charge in [0.25, 0.3) is 0 Å². The predicted molar refractivity (Wildman–Crippen MR) is 74.1 cm³/mol. The summed E-state index contributed by atoms with van der Waals surface area (Å²) in [4.78, 5) is 22.0. The van der Waals surface area contributed by atoms with Gasteiger partial charge < -0.3 is 5.73 Å². The van der Waals surface area contributed by atoms with Crippen molar-refractivity contribution >= 4 is 23.5 Å². The van der Waals surface area contributed by atoms with Gasteiger partial charge in [0.15, 0.2) is 0 Å². The Balaban J connectivity index is 1.87. The lowest BCUT2D eigenvalue weighted by molar-refractivity contribution is -0.117. The number of anilines is 1. The van der Waals surface area contributed by atoms with E-state index in [-0.39, 0.29) is 17.9 Å². The second kappa shape index (κ2) is 6.27. The van der Waals surface area contributed by atoms with Crippen molar-refractivity contribution in [3.8, 4) is 0 Å². The smallest absolute Gasteiger partial charge is 0.240 e. The summed E-state index contributed by atoms with van der Waals surface area (Å²) in [7, 11) is 0. The maximum absolute atomic E-state index is 11.9. The molecule has 1 aromatic rings. The van der Waals surface area contributed by atoms with Crippen LogP contribution < -0.4 is 11.1 Å². The number of halogens is 1. The number of aryl methyl sites for hydroxylation is 1. The van der Waals surface area contributed by atoms with E-state index in [1.807, 2.05) is 0 Å². The molecule has 7 heteroatoms. The molecule has 3 N–H and O–H groups in total. The lowest BCUT2D eigenvalue weighted by Crippen LogP contribution is -2.43. The molecule has 0 saturated carbocycles. The molecule has 1 aliphatic rings. The van der Waals surface area contributed by atoms with Crippen LogP contribution in [0, 0.1) is 6.92 Å². The number of nitrogens with two attached hydrogens (primary N) is 1. The fourth-order valence-corrected chi connectivity index (χ4v) is 2.30. The number of rotatable bonds is 3. The minimum Gasteiger partial charge on any atom is -0.328 e. The van der Waals surface area contributed by atoms with Gasteiger partial charge in [0.05, 0.1) is 6.54 Å². The van der Waals surface area contributed by atoms with E-state index in [9.17, 15) is 4.79 Å². The zero-order valence-electron chi connectivity index (χ0n) is 10.9. The lowest BCUT2D eigenvalue weighted by atomic mass is 10.1. The van der Waals surface area contributed by atoms with Gasteiger partial charge in [0.1, 0.15) is 5.15 Å². The van der Waals surface area contributed by atoms with Gasteiger partial charge in [-0.25, -0.2) is 9.97 Å². The summed E-state index contributed by atoms with van der Waals surface area (Å²) in [6.45, 7) is 3.84. The maximum atomic E-state index is 11.9. The van der Waals surface area contributed by atoms with Gasteiger partial charge in [0, 0.05) is 24.8 Å². The third-order valence-corrected chi connectivity index (χ3v) is 3.27. The average molecular weight is 284 g/mol. The van der Waals surface area contributed by atoms with Crippen LogP contribution in [0.15, 0.2) is 6.07 Å². The standard InChI is InChI=1S/C12H18ClN5O/c1-8-6-10(13)16-12(15-8)17-11(19)7-18-4-2-9(14)3-5-18/h6,9H,2-5,7,14H2,1H3,(H,15,16,17,19). The van der Waals surface area contributed by atoms with Gasteiger partial charge in [-0.15, -0.1) is 0 Å². The molecule has 2 rings (SSSR count). The quantitative estimate of drug-likeness (QED) is 0.802. The van der Waals surface area contributed by atoms with Crippen LogP contribution >= 0.6 is 11.6 Å². The first-order valence-corrected chi connectivity index (χ1v) is 6.69. The molecule has 0 unspecified atom stereocenters. The van der Waals surface area contributed by atoms with Crippen LogP contribution in [0.3, 0.4) is 0 Å². The molecule has 0 atom stereocenters. The lowest BCUT2D eigenvalue weighted by Gasteiger charge is -2.29. The molecule has 19 heavy (non-hydrogen) atoms. The predicted octanol–water partition coefficient (Wildman–Crippen LogP) is 0.800. The molecule has 0 aliphatic carbocycles. The van der Waals surface area contributed by atoms with Crippen molar-refractivity contribution in [3.63, 3.8) is 0 Å². The van der Waals surface area contributed by atoms with Crippen molar-refractivity contribution in [1.82, 2.24) is 14.9 Å². The Morgan fingerprint density at radius 3 is 2.84 bits per heavy atom. The summed E-state index contributed by atoms with van der Waals surface area (Å²) in [5.74, 6) is 0.126. The number of nitrogens with zero attached hydrogens (tertiary/aromatic N) is 3. The normalized spacial score (nSPS) is 17.4. The van der Waals surface area contributed by atoms with Crippen LogP contribution in [-0.4, -0.2) is 46.5 Å². The molecule has 1 aromatic heterocycles. The molecule has 0 aromatic carbocycles. The third-order valence-electron chi connectivity index (χ3n) is 3.07. The van der Waals surface area contributed by atoms with E-state index in [2.05, 4.69) is 20.2 Å². The van der Waals surface area contributed by atoms with E-state index in [0.717, 1.165) is 31.6 Å². The molecular formula is C12H18ClN5O. The summed E-state index contributed by atoms with van der Waals surface area (Å²) in [6, 6.07) is 1.90. The molecule has 1 saturated heterocycles. The van der Waals surface area contributed by atoms with Gasteiger partial charge in [0.2, 0.25) is 11.9 Å². The van der Waals surface area contributed by atoms with E-state index in [1.54, 1.807) is 13.0 Å². The summed E-state index contributed by atoms with van der Waals surface area (Å²) in [5.41, 5.74) is 6.54. The van der Waals surface area contributed by atoms with Crippen LogP contribution in [0.1, 0.15) is 18.5 Å². The highest BCUT2D eigenvalue weighted by atomic mass is 35.5. The van der Waals surface area contributed by atoms with Crippen molar-refractivity contribution in [2.24, 2.45) is 5.73 Å². The van der Waals surface area contributed by atoms with Gasteiger partial charge in [-0.1, -0.05) is 11.6 Å². The van der Waals surface area contributed by atoms with Crippen LogP contribution in [0.5, 0.6) is 0 Å². The molecule has 1 amide bonds. The number of aromatic nitrogens is 2. The monoisotopic (exact) mass is 283 g/mol. The number of piperidine rings is 1. The number of carbonyl (C=O) groups excluding carboxylic acids is 1. The summed E-state index contributed by atoms with van der Waals surface area (Å²) in [6.07, 6.45) is 1.86. The molecule has 0 radical (unpaired) electrons. The summed E-state index contributed by atoms with van der Waals surface area (Å²) < 4.78 is 0. The minimum absolute atomic E-state index is 0.128. The van der Waals surface area contributed by atoms with E-state index in [4.69, 9.17) is 17.3 Å². The minimum atomic E-state index is -0.128. The van der Waals surface area contributed by atoms with Gasteiger partial charge in [-0.05, 0) is 25.8 Å². The Bertz CT molecular complexity index is 439. The molecule has 1 fully saturated rings. The van der Waals surface area contributed by atoms with E-state index >= 15 is 0 Å². The summed E-state index contributed by atoms with van der Waals surface area (Å²) in [5, 5.41) is 2.99. The van der Waals surface area contributed by atoms with Gasteiger partial charge in [-0.3, -0.25) is 15.0 Å². The Hall–Kier alpha value is -1.24. The second-order valence-electron chi connectivity index (χ2n) is 4.82. The molecule has 0 spiro atoms. The van der Waals surface area contributed by atoms with Crippen molar-refractivity contribution in [3.05, 3.63) is 16.9 Å². The highest BCUT2D eigenvalue weighted by molar-refractivity contribution is 6.29. The first-order valence-electron chi connectivity index (χ1n) is 6.32. The Labute approximate surface area is 117 Å². The number of hydrogen-bond acceptors (Lipinski definition) is 5. The highest BCUT2D eigenvalue weighted by Crippen LogP contribution is 2.10. The first-order chi connectivity index (χ1) is 9.02. The van der Waals surface area contributed by atoms with Gasteiger partial charge in [-0.2, -0.15) is 0 Å². The molecule has 2 heterocycles. The van der Waals surface area contributed by atoms with Crippen LogP contribution in [0.2, 0.25) is 5.15 Å². The van der Waals surface area contributed by atoms with E-state index in [0.29, 0.717) is 11.7 Å². The maximum Gasteiger partial charge on any atom is 0.240 e. The van der Waals surface area contributed by atoms with Gasteiger partial charge >= 0.3 is 0 Å². The number of nitrogens with one attached hydrogen (secondary N) is 1. The zero-order chi connectivity index (χ0) is 13.8. The van der Waals surface area contributed by atoms with Crippen molar-refractivity contribution < 1.29 is 4.79 Å². The molecular weight excluding hydrogens is 266 g/mol. The Morgan fingerprint density at radius 2 is 2.21 bits per heavy atom. The molecule has 0 bridgehead atoms. The van der Waals surface area contributed by atoms with Crippen molar-refractivity contribution in [2.75, 3.05) is 25.0 Å². The summed E-state index contributed by atoms with van der Waals surface area (Å²) >= 11 is 5.81. The number of hydrogen-bond donors (Lipinski definition) is 2. The number of likely N-dealkylation sites (tertiary alicyclic amines) is 1. The number of amides is 1. The van der Waals surface area contributed by atoms with Crippen molar-refractivity contribution in [2.45, 2.75) is 25.8 Å². The zero-order valence-corrected chi connectivity index (χ0v) is 11.7. The largest absolute Gasteiger partial charge is 0.328 e. The molecule has 104 valence electrons. The van der Waals surface area contributed by atoms with Crippen LogP contribution in [-0.2, 0) is 4.79 Å². The topological polar surface area (TPSA) is 84.1 Å². The Morgan fingerprint density at radius 1 is 1.53 bits per heavy atom. The van der Waals surface area contributed by atoms with Crippen LogP contribution in [0.25, 0.3) is 0 Å². The SMILES string of the molecule is Cc1cc(Cl)nc(NC(=O)CN2CCC(N)CC2)n1. The Kier molecular flexibility index (Phi) is 4.68. The second-order valence-corrected chi connectivity index (χ2v) is 5.20. The van der Waals surface area contributed by atoms with E-state index in [1.165, 1.54) is 0 Å². The third kappa shape index (κ3) is 4.41. The fraction of sp³-hybridized carbons (Fsp3) is 0.583. The van der Waals surface area contributed by atoms with Crippen LogP contribution in [0.4, 0.5) is 5.95 Å². The average Bonchev–Trinajstić information content (AvgIpc) is 2.30.